The van der Waals surface area contributed by atoms with Crippen molar-refractivity contribution in [2.45, 2.75) is 75.5 Å². The van der Waals surface area contributed by atoms with Gasteiger partial charge < -0.3 is 19.5 Å². The van der Waals surface area contributed by atoms with Gasteiger partial charge in [-0.2, -0.15) is 5.10 Å². The smallest absolute Gasteiger partial charge is 0.410 e. The number of hydrogen-bond acceptors (Lipinski definition) is 5. The fourth-order valence-corrected chi connectivity index (χ4v) is 6.13. The molecule has 2 saturated carbocycles. The van der Waals surface area contributed by atoms with Gasteiger partial charge in [-0.3, -0.25) is 9.48 Å². The van der Waals surface area contributed by atoms with Gasteiger partial charge in [0.15, 0.2) is 0 Å². The SMILES string of the molecule is CN(C(=O)OCc1c(-c2ccc(C3(C)COC4(CC(=O)O)CC4C3)c(F)c2)cnn1C)C1CCCC1. The van der Waals surface area contributed by atoms with Gasteiger partial charge in [-0.05, 0) is 48.8 Å². The summed E-state index contributed by atoms with van der Waals surface area (Å²) in [5.41, 5.74) is 1.54. The van der Waals surface area contributed by atoms with E-state index in [1.807, 2.05) is 13.0 Å². The van der Waals surface area contributed by atoms with E-state index in [0.29, 0.717) is 35.2 Å². The van der Waals surface area contributed by atoms with Crippen molar-refractivity contribution in [1.82, 2.24) is 14.7 Å². The molecule has 0 radical (unpaired) electrons. The average Bonchev–Trinajstić information content (AvgIpc) is 3.16. The molecule has 3 atom stereocenters. The van der Waals surface area contributed by atoms with Crippen molar-refractivity contribution >= 4 is 12.1 Å². The van der Waals surface area contributed by atoms with E-state index in [2.05, 4.69) is 5.10 Å². The lowest BCUT2D eigenvalue weighted by atomic mass is 9.76. The molecule has 3 aliphatic rings. The monoisotopic (exact) mass is 499 g/mol. The Balaban J connectivity index is 1.30. The van der Waals surface area contributed by atoms with Gasteiger partial charge in [0, 0.05) is 31.1 Å². The van der Waals surface area contributed by atoms with Crippen LogP contribution in [0.5, 0.6) is 0 Å². The largest absolute Gasteiger partial charge is 0.481 e. The van der Waals surface area contributed by atoms with Crippen LogP contribution in [0.2, 0.25) is 0 Å². The van der Waals surface area contributed by atoms with Gasteiger partial charge in [-0.1, -0.05) is 31.9 Å². The molecule has 2 heterocycles. The topological polar surface area (TPSA) is 93.9 Å². The van der Waals surface area contributed by atoms with Crippen LogP contribution < -0.4 is 0 Å². The summed E-state index contributed by atoms with van der Waals surface area (Å²) in [5.74, 6) is -1.06. The fourth-order valence-electron chi connectivity index (χ4n) is 6.13. The summed E-state index contributed by atoms with van der Waals surface area (Å²) in [5, 5.41) is 13.5. The van der Waals surface area contributed by atoms with Gasteiger partial charge in [0.1, 0.15) is 12.4 Å². The zero-order valence-corrected chi connectivity index (χ0v) is 21.1. The number of carboxylic acid groups (broad SMARTS) is 1. The van der Waals surface area contributed by atoms with E-state index in [-0.39, 0.29) is 43.5 Å². The summed E-state index contributed by atoms with van der Waals surface area (Å²) in [6.07, 6.45) is 6.96. The minimum absolute atomic E-state index is 0.0000277. The first kappa shape index (κ1) is 24.7. The summed E-state index contributed by atoms with van der Waals surface area (Å²) in [6, 6.07) is 5.37. The lowest BCUT2D eigenvalue weighted by Crippen LogP contribution is -2.40. The second-order valence-corrected chi connectivity index (χ2v) is 11.0. The van der Waals surface area contributed by atoms with Crippen LogP contribution in [-0.4, -0.2) is 57.1 Å². The maximum Gasteiger partial charge on any atom is 0.410 e. The van der Waals surface area contributed by atoms with Crippen molar-refractivity contribution in [2.75, 3.05) is 13.7 Å². The number of aliphatic carboxylic acids is 1. The van der Waals surface area contributed by atoms with E-state index < -0.39 is 17.0 Å². The van der Waals surface area contributed by atoms with Gasteiger partial charge in [-0.15, -0.1) is 0 Å². The number of rotatable bonds is 7. The zero-order valence-electron chi connectivity index (χ0n) is 21.1. The number of aromatic nitrogens is 2. The van der Waals surface area contributed by atoms with E-state index in [1.54, 1.807) is 35.9 Å². The number of fused-ring (bicyclic) bond motifs is 1. The Bertz CT molecular complexity index is 1180. The van der Waals surface area contributed by atoms with Crippen molar-refractivity contribution in [3.8, 4) is 11.1 Å². The second kappa shape index (κ2) is 9.18. The number of benzene rings is 1. The van der Waals surface area contributed by atoms with E-state index in [9.17, 15) is 14.7 Å². The molecule has 3 unspecified atom stereocenters. The summed E-state index contributed by atoms with van der Waals surface area (Å²) in [7, 11) is 3.55. The summed E-state index contributed by atoms with van der Waals surface area (Å²) in [6.45, 7) is 2.31. The summed E-state index contributed by atoms with van der Waals surface area (Å²) < 4.78 is 28.7. The van der Waals surface area contributed by atoms with E-state index in [1.165, 1.54) is 6.07 Å². The number of carboxylic acids is 1. The molecule has 1 saturated heterocycles. The molecule has 0 spiro atoms. The first-order valence-electron chi connectivity index (χ1n) is 12.7. The first-order chi connectivity index (χ1) is 17.1. The van der Waals surface area contributed by atoms with Crippen molar-refractivity contribution < 1.29 is 28.6 Å². The molecule has 2 aromatic rings. The Morgan fingerprint density at radius 1 is 1.31 bits per heavy atom. The van der Waals surface area contributed by atoms with Gasteiger partial charge in [0.2, 0.25) is 0 Å². The third-order valence-electron chi connectivity index (χ3n) is 8.49. The molecule has 3 fully saturated rings. The van der Waals surface area contributed by atoms with Gasteiger partial charge in [0.25, 0.3) is 0 Å². The minimum atomic E-state index is -0.861. The highest BCUT2D eigenvalue weighted by molar-refractivity contribution is 5.70. The van der Waals surface area contributed by atoms with Crippen LogP contribution in [0.25, 0.3) is 11.1 Å². The molecule has 5 rings (SSSR count). The lowest BCUT2D eigenvalue weighted by Gasteiger charge is -2.37. The van der Waals surface area contributed by atoms with Crippen LogP contribution in [0.4, 0.5) is 9.18 Å². The number of halogens is 1. The second-order valence-electron chi connectivity index (χ2n) is 11.0. The fraction of sp³-hybridized carbons (Fsp3) is 0.593. The third kappa shape index (κ3) is 4.49. The molecule has 1 N–H and O–H groups in total. The lowest BCUT2D eigenvalue weighted by molar-refractivity contribution is -0.143. The minimum Gasteiger partial charge on any atom is -0.481 e. The highest BCUT2D eigenvalue weighted by atomic mass is 19.1. The van der Waals surface area contributed by atoms with E-state index in [0.717, 1.165) is 25.7 Å². The van der Waals surface area contributed by atoms with Crippen molar-refractivity contribution in [1.29, 1.82) is 0 Å². The highest BCUT2D eigenvalue weighted by Crippen LogP contribution is 2.59. The van der Waals surface area contributed by atoms with Gasteiger partial charge in [0.05, 0.1) is 30.5 Å². The zero-order chi connectivity index (χ0) is 25.7. The molecule has 8 nitrogen and oxygen atoms in total. The van der Waals surface area contributed by atoms with E-state index in [4.69, 9.17) is 9.47 Å². The van der Waals surface area contributed by atoms with Crippen LogP contribution in [-0.2, 0) is 33.3 Å². The number of ether oxygens (including phenoxy) is 2. The van der Waals surface area contributed by atoms with Crippen molar-refractivity contribution in [3.05, 3.63) is 41.5 Å². The Kier molecular flexibility index (Phi) is 6.31. The number of carbonyl (C=O) groups excluding carboxylic acids is 1. The highest BCUT2D eigenvalue weighted by Gasteiger charge is 2.62. The van der Waals surface area contributed by atoms with Crippen LogP contribution in [0, 0.1) is 11.7 Å². The number of hydrogen-bond donors (Lipinski definition) is 1. The molecule has 9 heteroatoms. The van der Waals surface area contributed by atoms with Crippen molar-refractivity contribution in [2.24, 2.45) is 13.0 Å². The normalized spacial score (nSPS) is 27.5. The molecule has 2 aliphatic carbocycles. The number of nitrogens with zero attached hydrogens (tertiary/aromatic N) is 3. The van der Waals surface area contributed by atoms with Crippen LogP contribution in [0.15, 0.2) is 24.4 Å². The average molecular weight is 500 g/mol. The third-order valence-corrected chi connectivity index (χ3v) is 8.49. The molecule has 1 aliphatic heterocycles. The number of amides is 1. The van der Waals surface area contributed by atoms with Crippen LogP contribution >= 0.6 is 0 Å². The first-order valence-corrected chi connectivity index (χ1v) is 12.7. The predicted molar refractivity (Wildman–Crippen MR) is 130 cm³/mol. The number of carbonyl (C=O) groups is 2. The molecular formula is C27H34FN3O5. The Hall–Kier alpha value is -2.94. The molecular weight excluding hydrogens is 465 g/mol. The molecule has 1 aromatic heterocycles. The summed E-state index contributed by atoms with van der Waals surface area (Å²) in [4.78, 5) is 25.4. The summed E-state index contributed by atoms with van der Waals surface area (Å²) >= 11 is 0. The Labute approximate surface area is 210 Å². The number of aryl methyl sites for hydroxylation is 1. The maximum absolute atomic E-state index is 15.5. The van der Waals surface area contributed by atoms with Gasteiger partial charge >= 0.3 is 12.1 Å². The standard InChI is InChI=1S/C27H34FN3O5/c1-26(11-18-12-27(18,36-16-26)13-24(32)33)21-9-8-17(10-22(21)28)20-14-29-31(3)23(20)15-35-25(34)30(2)19-6-4-5-7-19/h8-10,14,18-19H,4-7,11-13,15-16H2,1-3H3,(H,32,33). The van der Waals surface area contributed by atoms with Gasteiger partial charge in [-0.25, -0.2) is 9.18 Å². The van der Waals surface area contributed by atoms with Crippen LogP contribution in [0.3, 0.4) is 0 Å². The van der Waals surface area contributed by atoms with Crippen molar-refractivity contribution in [3.63, 3.8) is 0 Å². The quantitative estimate of drug-likeness (QED) is 0.596. The van der Waals surface area contributed by atoms with Crippen LogP contribution in [0.1, 0.15) is 63.1 Å². The molecule has 1 aromatic carbocycles. The van der Waals surface area contributed by atoms with E-state index >= 15 is 4.39 Å². The molecule has 1 amide bonds. The Morgan fingerprint density at radius 2 is 2.06 bits per heavy atom. The predicted octanol–water partition coefficient (Wildman–Crippen LogP) is 4.65. The maximum atomic E-state index is 15.5. The Morgan fingerprint density at radius 3 is 2.72 bits per heavy atom. The molecule has 0 bridgehead atoms. The molecule has 36 heavy (non-hydrogen) atoms. The molecule has 194 valence electrons.